The van der Waals surface area contributed by atoms with Gasteiger partial charge in [-0.15, -0.1) is 0 Å². The lowest BCUT2D eigenvalue weighted by molar-refractivity contribution is 0.344. The molecule has 0 radical (unpaired) electrons. The van der Waals surface area contributed by atoms with Gasteiger partial charge in [0.05, 0.1) is 11.6 Å². The van der Waals surface area contributed by atoms with Gasteiger partial charge in [0.1, 0.15) is 5.75 Å². The van der Waals surface area contributed by atoms with Crippen LogP contribution in [0.2, 0.25) is 10.0 Å². The van der Waals surface area contributed by atoms with E-state index in [9.17, 15) is 0 Å². The number of hydrogen-bond acceptors (Lipinski definition) is 3. The Hall–Kier alpha value is -0.580. The molecular formula is C13H18Cl2N2OS. The number of benzene rings is 1. The SMILES string of the molecule is CCCCN=C(N)SCCOc1ccc(Cl)cc1Cl. The first-order valence-electron chi connectivity index (χ1n) is 6.14. The van der Waals surface area contributed by atoms with Crippen molar-refractivity contribution < 1.29 is 4.74 Å². The van der Waals surface area contributed by atoms with Crippen LogP contribution in [0.3, 0.4) is 0 Å². The second kappa shape index (κ2) is 9.34. The fourth-order valence-electron chi connectivity index (χ4n) is 1.28. The molecule has 0 aliphatic rings. The summed E-state index contributed by atoms with van der Waals surface area (Å²) < 4.78 is 5.55. The Morgan fingerprint density at radius 3 is 2.89 bits per heavy atom. The van der Waals surface area contributed by atoms with Gasteiger partial charge in [0.2, 0.25) is 0 Å². The third kappa shape index (κ3) is 6.95. The lowest BCUT2D eigenvalue weighted by atomic mass is 10.3. The summed E-state index contributed by atoms with van der Waals surface area (Å²) in [6.45, 7) is 3.44. The van der Waals surface area contributed by atoms with E-state index in [2.05, 4.69) is 11.9 Å². The highest BCUT2D eigenvalue weighted by Crippen LogP contribution is 2.27. The molecule has 1 rings (SSSR count). The summed E-state index contributed by atoms with van der Waals surface area (Å²) in [6.07, 6.45) is 2.19. The summed E-state index contributed by atoms with van der Waals surface area (Å²) in [5.74, 6) is 1.37. The number of nitrogens with zero attached hydrogens (tertiary/aromatic N) is 1. The monoisotopic (exact) mass is 320 g/mol. The van der Waals surface area contributed by atoms with Gasteiger partial charge in [-0.25, -0.2) is 0 Å². The van der Waals surface area contributed by atoms with Crippen LogP contribution >= 0.6 is 35.0 Å². The van der Waals surface area contributed by atoms with Crippen molar-refractivity contribution in [1.82, 2.24) is 0 Å². The average Bonchev–Trinajstić information content (AvgIpc) is 2.37. The van der Waals surface area contributed by atoms with Crippen LogP contribution in [0.5, 0.6) is 5.75 Å². The van der Waals surface area contributed by atoms with Crippen molar-refractivity contribution in [2.45, 2.75) is 19.8 Å². The van der Waals surface area contributed by atoms with Gasteiger partial charge in [0, 0.05) is 17.3 Å². The topological polar surface area (TPSA) is 47.6 Å². The van der Waals surface area contributed by atoms with E-state index in [4.69, 9.17) is 33.7 Å². The number of unbranched alkanes of at least 4 members (excludes halogenated alkanes) is 1. The van der Waals surface area contributed by atoms with Crippen LogP contribution in [0.25, 0.3) is 0 Å². The third-order valence-electron chi connectivity index (χ3n) is 2.26. The number of hydrogen-bond donors (Lipinski definition) is 1. The second-order valence-electron chi connectivity index (χ2n) is 3.85. The Bertz CT molecular complexity index is 427. The fourth-order valence-corrected chi connectivity index (χ4v) is 2.30. The minimum Gasteiger partial charge on any atom is -0.491 e. The first-order valence-corrected chi connectivity index (χ1v) is 7.88. The maximum Gasteiger partial charge on any atom is 0.154 e. The molecule has 0 spiro atoms. The molecule has 0 aliphatic carbocycles. The third-order valence-corrected chi connectivity index (χ3v) is 3.59. The molecule has 0 aliphatic heterocycles. The van der Waals surface area contributed by atoms with E-state index < -0.39 is 0 Å². The number of aliphatic imine (C=N–C) groups is 1. The van der Waals surface area contributed by atoms with Gasteiger partial charge >= 0.3 is 0 Å². The van der Waals surface area contributed by atoms with Crippen molar-refractivity contribution in [3.8, 4) is 5.75 Å². The normalized spacial score (nSPS) is 11.6. The van der Waals surface area contributed by atoms with Gasteiger partial charge in [-0.05, 0) is 24.6 Å². The maximum absolute atomic E-state index is 5.99. The van der Waals surface area contributed by atoms with Gasteiger partial charge in [-0.3, -0.25) is 4.99 Å². The van der Waals surface area contributed by atoms with Gasteiger partial charge in [-0.2, -0.15) is 0 Å². The van der Waals surface area contributed by atoms with Crippen LogP contribution in [-0.4, -0.2) is 24.1 Å². The lowest BCUT2D eigenvalue weighted by Gasteiger charge is -2.07. The minimum atomic E-state index is 0.516. The Morgan fingerprint density at radius 1 is 1.42 bits per heavy atom. The summed E-state index contributed by atoms with van der Waals surface area (Å²) >= 11 is 13.3. The van der Waals surface area contributed by atoms with Crippen LogP contribution in [-0.2, 0) is 0 Å². The van der Waals surface area contributed by atoms with Crippen LogP contribution in [0.15, 0.2) is 23.2 Å². The molecule has 6 heteroatoms. The Labute approximate surface area is 128 Å². The molecule has 19 heavy (non-hydrogen) atoms. The van der Waals surface area contributed by atoms with Gasteiger partial charge < -0.3 is 10.5 Å². The molecule has 2 N–H and O–H groups in total. The highest BCUT2D eigenvalue weighted by Gasteiger charge is 2.02. The molecule has 0 saturated carbocycles. The van der Waals surface area contributed by atoms with Crippen molar-refractivity contribution in [2.24, 2.45) is 10.7 Å². The van der Waals surface area contributed by atoms with Crippen molar-refractivity contribution in [3.63, 3.8) is 0 Å². The molecule has 0 saturated heterocycles. The zero-order valence-corrected chi connectivity index (χ0v) is 13.2. The summed E-state index contributed by atoms with van der Waals surface area (Å²) in [4.78, 5) is 4.25. The van der Waals surface area contributed by atoms with E-state index in [1.54, 1.807) is 18.2 Å². The largest absolute Gasteiger partial charge is 0.491 e. The van der Waals surface area contributed by atoms with E-state index in [1.165, 1.54) is 11.8 Å². The zero-order valence-electron chi connectivity index (χ0n) is 10.9. The van der Waals surface area contributed by atoms with Crippen molar-refractivity contribution in [2.75, 3.05) is 18.9 Å². The summed E-state index contributed by atoms with van der Waals surface area (Å²) in [6, 6.07) is 5.16. The molecule has 0 amide bonds. The van der Waals surface area contributed by atoms with E-state index in [0.717, 1.165) is 25.1 Å². The van der Waals surface area contributed by atoms with Gasteiger partial charge in [-0.1, -0.05) is 48.3 Å². The fraction of sp³-hybridized carbons (Fsp3) is 0.462. The molecule has 0 heterocycles. The Kier molecular flexibility index (Phi) is 8.10. The van der Waals surface area contributed by atoms with Gasteiger partial charge in [0.15, 0.2) is 5.17 Å². The number of rotatable bonds is 7. The molecule has 1 aromatic rings. The van der Waals surface area contributed by atoms with Crippen LogP contribution in [0.1, 0.15) is 19.8 Å². The molecule has 0 aromatic heterocycles. The van der Waals surface area contributed by atoms with Crippen LogP contribution in [0.4, 0.5) is 0 Å². The molecule has 0 unspecified atom stereocenters. The highest BCUT2D eigenvalue weighted by atomic mass is 35.5. The number of thioether (sulfide) groups is 1. The molecule has 0 fully saturated rings. The zero-order chi connectivity index (χ0) is 14.1. The molecular weight excluding hydrogens is 303 g/mol. The van der Waals surface area contributed by atoms with E-state index in [1.807, 2.05) is 0 Å². The average molecular weight is 321 g/mol. The molecule has 1 aromatic carbocycles. The predicted octanol–water partition coefficient (Wildman–Crippen LogP) is 4.22. The summed E-state index contributed by atoms with van der Waals surface area (Å²) in [5, 5.41) is 1.72. The number of ether oxygens (including phenoxy) is 1. The molecule has 3 nitrogen and oxygen atoms in total. The Morgan fingerprint density at radius 2 is 2.21 bits per heavy atom. The smallest absolute Gasteiger partial charge is 0.154 e. The summed E-state index contributed by atoms with van der Waals surface area (Å²) in [5.41, 5.74) is 5.76. The molecule has 0 bridgehead atoms. The predicted molar refractivity (Wildman–Crippen MR) is 85.8 cm³/mol. The van der Waals surface area contributed by atoms with Crippen molar-refractivity contribution >= 4 is 40.1 Å². The van der Waals surface area contributed by atoms with Gasteiger partial charge in [0.25, 0.3) is 0 Å². The minimum absolute atomic E-state index is 0.516. The van der Waals surface area contributed by atoms with Crippen molar-refractivity contribution in [3.05, 3.63) is 28.2 Å². The van der Waals surface area contributed by atoms with E-state index in [-0.39, 0.29) is 0 Å². The summed E-state index contributed by atoms with van der Waals surface area (Å²) in [7, 11) is 0. The molecule has 106 valence electrons. The maximum atomic E-state index is 5.99. The highest BCUT2D eigenvalue weighted by molar-refractivity contribution is 8.13. The number of amidine groups is 1. The number of nitrogens with two attached hydrogens (primary N) is 1. The first kappa shape index (κ1) is 16.5. The molecule has 0 atom stereocenters. The lowest BCUT2D eigenvalue weighted by Crippen LogP contribution is -2.11. The van der Waals surface area contributed by atoms with Crippen LogP contribution in [0, 0.1) is 0 Å². The van der Waals surface area contributed by atoms with E-state index >= 15 is 0 Å². The standard InChI is InChI=1S/C13H18Cl2N2OS/c1-2-3-6-17-13(16)19-8-7-18-12-5-4-10(14)9-11(12)15/h4-5,9H,2-3,6-8H2,1H3,(H2,16,17). The number of halogens is 2. The Balaban J connectivity index is 2.25. The quantitative estimate of drug-likeness (QED) is 0.465. The van der Waals surface area contributed by atoms with E-state index in [0.29, 0.717) is 27.6 Å². The second-order valence-corrected chi connectivity index (χ2v) is 5.80. The van der Waals surface area contributed by atoms with Crippen molar-refractivity contribution in [1.29, 1.82) is 0 Å². The van der Waals surface area contributed by atoms with Crippen LogP contribution < -0.4 is 10.5 Å². The first-order chi connectivity index (χ1) is 9.13.